The molecule has 0 radical (unpaired) electrons. The van der Waals surface area contributed by atoms with Gasteiger partial charge in [-0.1, -0.05) is 0 Å². The van der Waals surface area contributed by atoms with E-state index >= 15 is 0 Å². The molecule has 1 saturated heterocycles. The highest BCUT2D eigenvalue weighted by Gasteiger charge is 2.32. The second-order valence-electron chi connectivity index (χ2n) is 5.87. The molecular weight excluding hydrogens is 323 g/mol. The molecule has 0 spiro atoms. The topological polar surface area (TPSA) is 54.1 Å². The van der Waals surface area contributed by atoms with Crippen LogP contribution in [0.2, 0.25) is 0 Å². The fraction of sp³-hybridized carbons (Fsp3) is 0.333. The van der Waals surface area contributed by atoms with Crippen LogP contribution in [0.15, 0.2) is 49.1 Å². The van der Waals surface area contributed by atoms with Crippen molar-refractivity contribution in [3.63, 3.8) is 0 Å². The second kappa shape index (κ2) is 6.78. The number of hydrogen-bond acceptors (Lipinski definition) is 4. The third-order valence-corrected chi connectivity index (χ3v) is 4.36. The maximum Gasteiger partial charge on any atom is 0.142 e. The van der Waals surface area contributed by atoms with E-state index in [0.717, 1.165) is 5.69 Å². The van der Waals surface area contributed by atoms with Crippen molar-refractivity contribution in [2.45, 2.75) is 19.1 Å². The fourth-order valence-corrected chi connectivity index (χ4v) is 3.24. The monoisotopic (exact) mass is 342 g/mol. The molecule has 1 fully saturated rings. The van der Waals surface area contributed by atoms with E-state index in [4.69, 9.17) is 9.47 Å². The minimum absolute atomic E-state index is 0.00573. The Hall–Kier alpha value is -2.51. The van der Waals surface area contributed by atoms with Gasteiger partial charge in [0.15, 0.2) is 0 Å². The van der Waals surface area contributed by atoms with Gasteiger partial charge in [0.2, 0.25) is 0 Å². The quantitative estimate of drug-likeness (QED) is 0.715. The van der Waals surface area contributed by atoms with Crippen LogP contribution >= 0.6 is 0 Å². The van der Waals surface area contributed by atoms with Gasteiger partial charge in [0, 0.05) is 37.0 Å². The number of aromatic nitrogens is 4. The Morgan fingerprint density at radius 2 is 2.20 bits per heavy atom. The zero-order valence-electron chi connectivity index (χ0n) is 13.9. The Balaban J connectivity index is 1.80. The first-order chi connectivity index (χ1) is 12.3. The molecule has 1 aliphatic heterocycles. The molecule has 130 valence electrons. The van der Waals surface area contributed by atoms with Crippen LogP contribution in [0, 0.1) is 5.82 Å². The van der Waals surface area contributed by atoms with Gasteiger partial charge >= 0.3 is 0 Å². The van der Waals surface area contributed by atoms with Gasteiger partial charge in [0.05, 0.1) is 24.9 Å². The predicted molar refractivity (Wildman–Crippen MR) is 90.0 cm³/mol. The van der Waals surface area contributed by atoms with Gasteiger partial charge in [-0.3, -0.25) is 0 Å². The Morgan fingerprint density at radius 3 is 3.00 bits per heavy atom. The third-order valence-electron chi connectivity index (χ3n) is 4.36. The summed E-state index contributed by atoms with van der Waals surface area (Å²) in [6.45, 7) is 3.67. The lowest BCUT2D eigenvalue weighted by molar-refractivity contribution is 0.0364. The number of benzene rings is 1. The third kappa shape index (κ3) is 2.96. The van der Waals surface area contributed by atoms with Crippen LogP contribution in [-0.4, -0.2) is 45.3 Å². The fourth-order valence-electron chi connectivity index (χ4n) is 3.24. The Kier molecular flexibility index (Phi) is 4.33. The van der Waals surface area contributed by atoms with Gasteiger partial charge in [-0.05, 0) is 31.2 Å². The first-order valence-electron chi connectivity index (χ1n) is 8.30. The minimum Gasteiger partial charge on any atom is -0.376 e. The van der Waals surface area contributed by atoms with Crippen molar-refractivity contribution in [2.24, 2.45) is 0 Å². The predicted octanol–water partition coefficient (Wildman–Crippen LogP) is 2.85. The van der Waals surface area contributed by atoms with E-state index in [-0.39, 0.29) is 18.0 Å². The highest BCUT2D eigenvalue weighted by Crippen LogP contribution is 2.31. The highest BCUT2D eigenvalue weighted by molar-refractivity contribution is 5.68. The molecule has 25 heavy (non-hydrogen) atoms. The summed E-state index contributed by atoms with van der Waals surface area (Å²) in [5.74, 6) is 0.356. The van der Waals surface area contributed by atoms with E-state index in [1.165, 1.54) is 12.1 Å². The molecule has 2 aromatic heterocycles. The SMILES string of the molecule is CCO[C@@H]1COC[C@H]1n1ccnc1-c1cc(F)ccc1-n1cccn1. The van der Waals surface area contributed by atoms with Crippen LogP contribution < -0.4 is 0 Å². The van der Waals surface area contributed by atoms with Gasteiger partial charge in [0.1, 0.15) is 17.7 Å². The van der Waals surface area contributed by atoms with Crippen molar-refractivity contribution in [3.8, 4) is 17.1 Å². The molecular formula is C18H19FN4O2. The molecule has 0 bridgehead atoms. The normalized spacial score (nSPS) is 20.2. The molecule has 0 N–H and O–H groups in total. The average Bonchev–Trinajstić information content (AvgIpc) is 3.36. The van der Waals surface area contributed by atoms with Gasteiger partial charge in [0.25, 0.3) is 0 Å². The summed E-state index contributed by atoms with van der Waals surface area (Å²) in [5, 5.41) is 4.27. The number of nitrogens with zero attached hydrogens (tertiary/aromatic N) is 4. The first kappa shape index (κ1) is 16.0. The first-order valence-corrected chi connectivity index (χ1v) is 8.30. The molecule has 6 nitrogen and oxygen atoms in total. The molecule has 0 aliphatic carbocycles. The molecule has 3 heterocycles. The largest absolute Gasteiger partial charge is 0.376 e. The lowest BCUT2D eigenvalue weighted by Crippen LogP contribution is -2.26. The van der Waals surface area contributed by atoms with Crippen LogP contribution in [0.5, 0.6) is 0 Å². The van der Waals surface area contributed by atoms with E-state index in [2.05, 4.69) is 10.1 Å². The Labute approximate surface area is 144 Å². The second-order valence-corrected chi connectivity index (χ2v) is 5.87. The van der Waals surface area contributed by atoms with Crippen molar-refractivity contribution in [3.05, 3.63) is 54.9 Å². The number of hydrogen-bond donors (Lipinski definition) is 0. The number of halogens is 1. The molecule has 0 saturated carbocycles. The van der Waals surface area contributed by atoms with E-state index in [1.807, 2.05) is 30.0 Å². The molecule has 3 aromatic rings. The smallest absolute Gasteiger partial charge is 0.142 e. The number of rotatable bonds is 5. The Bertz CT molecular complexity index is 847. The van der Waals surface area contributed by atoms with Crippen molar-refractivity contribution >= 4 is 0 Å². The number of imidazole rings is 1. The van der Waals surface area contributed by atoms with Crippen LogP contribution in [0.3, 0.4) is 0 Å². The van der Waals surface area contributed by atoms with Crippen molar-refractivity contribution in [1.29, 1.82) is 0 Å². The summed E-state index contributed by atoms with van der Waals surface area (Å²) >= 11 is 0. The lowest BCUT2D eigenvalue weighted by atomic mass is 10.1. The summed E-state index contributed by atoms with van der Waals surface area (Å²) in [6.07, 6.45) is 7.08. The zero-order valence-corrected chi connectivity index (χ0v) is 13.9. The van der Waals surface area contributed by atoms with E-state index < -0.39 is 0 Å². The average molecular weight is 342 g/mol. The van der Waals surface area contributed by atoms with Crippen LogP contribution in [0.4, 0.5) is 4.39 Å². The van der Waals surface area contributed by atoms with Crippen LogP contribution in [0.1, 0.15) is 13.0 Å². The van der Waals surface area contributed by atoms with E-state index in [9.17, 15) is 4.39 Å². The summed E-state index contributed by atoms with van der Waals surface area (Å²) < 4.78 is 29.1. The molecule has 4 rings (SSSR count). The molecule has 2 atom stereocenters. The summed E-state index contributed by atoms with van der Waals surface area (Å²) in [7, 11) is 0. The Morgan fingerprint density at radius 1 is 1.28 bits per heavy atom. The number of ether oxygens (including phenoxy) is 2. The summed E-state index contributed by atoms with van der Waals surface area (Å²) in [4.78, 5) is 4.48. The zero-order chi connectivity index (χ0) is 17.2. The maximum atomic E-state index is 14.0. The molecule has 7 heteroatoms. The minimum atomic E-state index is -0.315. The summed E-state index contributed by atoms with van der Waals surface area (Å²) in [5.41, 5.74) is 1.45. The van der Waals surface area contributed by atoms with Crippen molar-refractivity contribution < 1.29 is 13.9 Å². The molecule has 1 aliphatic rings. The highest BCUT2D eigenvalue weighted by atomic mass is 19.1. The van der Waals surface area contributed by atoms with Gasteiger partial charge in [-0.25, -0.2) is 14.1 Å². The van der Waals surface area contributed by atoms with Crippen molar-refractivity contribution in [2.75, 3.05) is 19.8 Å². The van der Waals surface area contributed by atoms with E-state index in [1.54, 1.807) is 23.1 Å². The van der Waals surface area contributed by atoms with E-state index in [0.29, 0.717) is 31.2 Å². The van der Waals surface area contributed by atoms with Crippen LogP contribution in [-0.2, 0) is 9.47 Å². The summed E-state index contributed by atoms with van der Waals surface area (Å²) in [6, 6.07) is 6.46. The van der Waals surface area contributed by atoms with Crippen molar-refractivity contribution in [1.82, 2.24) is 19.3 Å². The maximum absolute atomic E-state index is 14.0. The van der Waals surface area contributed by atoms with Crippen LogP contribution in [0.25, 0.3) is 17.1 Å². The standard InChI is InChI=1S/C18H19FN4O2/c1-2-25-17-12-24-11-16(17)22-9-7-20-18(22)14-10-13(19)4-5-15(14)23-8-3-6-21-23/h3-10,16-17H,2,11-12H2,1H3/t16-,17-/m1/s1. The molecule has 0 amide bonds. The molecule has 1 aromatic carbocycles. The van der Waals surface area contributed by atoms with Gasteiger partial charge < -0.3 is 14.0 Å². The van der Waals surface area contributed by atoms with Gasteiger partial charge in [-0.2, -0.15) is 5.10 Å². The lowest BCUT2D eigenvalue weighted by Gasteiger charge is -2.21. The van der Waals surface area contributed by atoms with Gasteiger partial charge in [-0.15, -0.1) is 0 Å². The molecule has 0 unspecified atom stereocenters.